The molecule has 1 heterocycles. The Hall–Kier alpha value is -3.17. The van der Waals surface area contributed by atoms with E-state index < -0.39 is 11.0 Å². The standard InChI is InChI=1S/C19H14BrClN4O4/c1-11-8-13(3-5-15(11)20)23-19(26)24-22-10-14-4-7-18(29-14)12-2-6-16(21)17(9-12)25(27)28/h2-10H,1H3,(H2,23,24,26)/b22-10-. The quantitative estimate of drug-likeness (QED) is 0.277. The Morgan fingerprint density at radius 2 is 2.03 bits per heavy atom. The Bertz CT molecular complexity index is 1110. The van der Waals surface area contributed by atoms with E-state index in [9.17, 15) is 14.9 Å². The van der Waals surface area contributed by atoms with Gasteiger partial charge in [-0.2, -0.15) is 5.10 Å². The maximum absolute atomic E-state index is 11.9. The number of nitrogens with zero attached hydrogens (tertiary/aromatic N) is 2. The van der Waals surface area contributed by atoms with Crippen molar-refractivity contribution in [2.45, 2.75) is 6.92 Å². The lowest BCUT2D eigenvalue weighted by atomic mass is 10.1. The van der Waals surface area contributed by atoms with E-state index in [1.165, 1.54) is 18.3 Å². The molecule has 0 aliphatic rings. The molecule has 0 aliphatic carbocycles. The minimum atomic E-state index is -0.563. The topological polar surface area (TPSA) is 110 Å². The molecule has 148 valence electrons. The number of carbonyl (C=O) groups is 1. The summed E-state index contributed by atoms with van der Waals surface area (Å²) in [5.74, 6) is 0.762. The summed E-state index contributed by atoms with van der Waals surface area (Å²) in [7, 11) is 0. The Morgan fingerprint density at radius 3 is 2.76 bits per heavy atom. The van der Waals surface area contributed by atoms with E-state index in [0.717, 1.165) is 10.0 Å². The van der Waals surface area contributed by atoms with E-state index >= 15 is 0 Å². The molecule has 8 nitrogen and oxygen atoms in total. The number of halogens is 2. The molecule has 3 aromatic rings. The molecular formula is C19H14BrClN4O4. The zero-order chi connectivity index (χ0) is 21.0. The first-order valence-corrected chi connectivity index (χ1v) is 9.41. The summed E-state index contributed by atoms with van der Waals surface area (Å²) in [5.41, 5.74) is 4.23. The van der Waals surface area contributed by atoms with Gasteiger partial charge in [-0.25, -0.2) is 10.2 Å². The lowest BCUT2D eigenvalue weighted by Crippen LogP contribution is -2.24. The summed E-state index contributed by atoms with van der Waals surface area (Å²) in [6, 6.07) is 12.5. The number of hydrogen-bond donors (Lipinski definition) is 2. The van der Waals surface area contributed by atoms with E-state index in [1.807, 2.05) is 19.1 Å². The molecule has 0 aliphatic heterocycles. The van der Waals surface area contributed by atoms with Crippen LogP contribution >= 0.6 is 27.5 Å². The van der Waals surface area contributed by atoms with Crippen molar-refractivity contribution in [3.05, 3.63) is 79.5 Å². The lowest BCUT2D eigenvalue weighted by molar-refractivity contribution is -0.384. The molecule has 3 rings (SSSR count). The van der Waals surface area contributed by atoms with E-state index in [-0.39, 0.29) is 10.7 Å². The van der Waals surface area contributed by atoms with E-state index in [0.29, 0.717) is 22.8 Å². The van der Waals surface area contributed by atoms with Gasteiger partial charge in [-0.15, -0.1) is 0 Å². The van der Waals surface area contributed by atoms with Crippen LogP contribution in [0.1, 0.15) is 11.3 Å². The third-order valence-corrected chi connectivity index (χ3v) is 5.04. The third kappa shape index (κ3) is 5.21. The zero-order valence-electron chi connectivity index (χ0n) is 15.0. The largest absolute Gasteiger partial charge is 0.455 e. The molecule has 0 spiro atoms. The smallest absolute Gasteiger partial charge is 0.339 e. The highest BCUT2D eigenvalue weighted by atomic mass is 79.9. The van der Waals surface area contributed by atoms with Gasteiger partial charge in [-0.05, 0) is 55.0 Å². The van der Waals surface area contributed by atoms with Crippen LogP contribution in [0.3, 0.4) is 0 Å². The molecular weight excluding hydrogens is 464 g/mol. The molecule has 0 unspecified atom stereocenters. The van der Waals surface area contributed by atoms with Crippen LogP contribution in [-0.2, 0) is 0 Å². The fourth-order valence-electron chi connectivity index (χ4n) is 2.42. The highest BCUT2D eigenvalue weighted by Gasteiger charge is 2.15. The van der Waals surface area contributed by atoms with Crippen LogP contribution in [0.4, 0.5) is 16.2 Å². The molecule has 0 saturated carbocycles. The average Bonchev–Trinajstić information content (AvgIpc) is 3.14. The molecule has 0 radical (unpaired) electrons. The van der Waals surface area contributed by atoms with Crippen molar-refractivity contribution < 1.29 is 14.1 Å². The molecule has 2 amide bonds. The van der Waals surface area contributed by atoms with Crippen molar-refractivity contribution >= 4 is 51.2 Å². The van der Waals surface area contributed by atoms with Crippen molar-refractivity contribution in [1.29, 1.82) is 0 Å². The molecule has 10 heteroatoms. The number of amides is 2. The fraction of sp³-hybridized carbons (Fsp3) is 0.0526. The van der Waals surface area contributed by atoms with Crippen molar-refractivity contribution in [3.8, 4) is 11.3 Å². The molecule has 0 fully saturated rings. The van der Waals surface area contributed by atoms with Gasteiger partial charge in [0, 0.05) is 21.8 Å². The maximum atomic E-state index is 11.9. The van der Waals surface area contributed by atoms with Gasteiger partial charge < -0.3 is 9.73 Å². The Morgan fingerprint density at radius 1 is 1.24 bits per heavy atom. The number of nitro benzene ring substituents is 1. The van der Waals surface area contributed by atoms with Gasteiger partial charge in [0.1, 0.15) is 16.5 Å². The number of carbonyl (C=O) groups excluding carboxylic acids is 1. The van der Waals surface area contributed by atoms with Gasteiger partial charge in [0.25, 0.3) is 5.69 Å². The number of hydrogen-bond acceptors (Lipinski definition) is 5. The second-order valence-corrected chi connectivity index (χ2v) is 7.17. The second kappa shape index (κ2) is 8.89. The molecule has 0 atom stereocenters. The van der Waals surface area contributed by atoms with Crippen molar-refractivity contribution in [3.63, 3.8) is 0 Å². The monoisotopic (exact) mass is 476 g/mol. The molecule has 2 aromatic carbocycles. The van der Waals surface area contributed by atoms with Gasteiger partial charge in [0.2, 0.25) is 0 Å². The van der Waals surface area contributed by atoms with Gasteiger partial charge in [0.15, 0.2) is 0 Å². The molecule has 1 aromatic heterocycles. The van der Waals surface area contributed by atoms with Crippen LogP contribution in [0.15, 0.2) is 62.5 Å². The molecule has 0 saturated heterocycles. The first kappa shape index (κ1) is 20.6. The number of nitrogens with one attached hydrogen (secondary N) is 2. The zero-order valence-corrected chi connectivity index (χ0v) is 17.3. The Balaban J connectivity index is 1.63. The van der Waals surface area contributed by atoms with Gasteiger partial charge in [-0.3, -0.25) is 10.1 Å². The number of urea groups is 1. The predicted molar refractivity (Wildman–Crippen MR) is 114 cm³/mol. The molecule has 29 heavy (non-hydrogen) atoms. The van der Waals surface area contributed by atoms with E-state index in [1.54, 1.807) is 24.3 Å². The minimum Gasteiger partial charge on any atom is -0.455 e. The second-order valence-electron chi connectivity index (χ2n) is 5.91. The first-order valence-electron chi connectivity index (χ1n) is 8.24. The fourth-order valence-corrected chi connectivity index (χ4v) is 2.85. The normalized spacial score (nSPS) is 10.9. The van der Waals surface area contributed by atoms with Gasteiger partial charge >= 0.3 is 6.03 Å². The van der Waals surface area contributed by atoms with Crippen LogP contribution in [0.2, 0.25) is 5.02 Å². The van der Waals surface area contributed by atoms with Crippen molar-refractivity contribution in [1.82, 2.24) is 5.43 Å². The van der Waals surface area contributed by atoms with Gasteiger partial charge in [0.05, 0.1) is 11.1 Å². The average molecular weight is 478 g/mol. The number of hydrazone groups is 1. The van der Waals surface area contributed by atoms with Crippen LogP contribution in [0.5, 0.6) is 0 Å². The Labute approximate surface area is 178 Å². The number of benzene rings is 2. The first-order chi connectivity index (χ1) is 13.8. The number of furan rings is 1. The Kier molecular flexibility index (Phi) is 6.30. The number of aryl methyl sites for hydroxylation is 1. The summed E-state index contributed by atoms with van der Waals surface area (Å²) in [6.45, 7) is 1.91. The predicted octanol–water partition coefficient (Wildman–Crippen LogP) is 5.73. The molecule has 0 bridgehead atoms. The number of nitro groups is 1. The van der Waals surface area contributed by atoms with E-state index in [2.05, 4.69) is 31.8 Å². The highest BCUT2D eigenvalue weighted by molar-refractivity contribution is 9.10. The summed E-state index contributed by atoms with van der Waals surface area (Å²) < 4.78 is 6.53. The van der Waals surface area contributed by atoms with Crippen molar-refractivity contribution in [2.75, 3.05) is 5.32 Å². The molecule has 2 N–H and O–H groups in total. The summed E-state index contributed by atoms with van der Waals surface area (Å²) in [4.78, 5) is 22.3. The van der Waals surface area contributed by atoms with Crippen LogP contribution in [0, 0.1) is 17.0 Å². The lowest BCUT2D eigenvalue weighted by Gasteiger charge is -2.05. The summed E-state index contributed by atoms with van der Waals surface area (Å²) in [6.07, 6.45) is 1.32. The van der Waals surface area contributed by atoms with Crippen LogP contribution < -0.4 is 10.7 Å². The maximum Gasteiger partial charge on any atom is 0.339 e. The van der Waals surface area contributed by atoms with Gasteiger partial charge in [-0.1, -0.05) is 27.5 Å². The SMILES string of the molecule is Cc1cc(NC(=O)N/N=C\c2ccc(-c3ccc(Cl)c([N+](=O)[O-])c3)o2)ccc1Br. The summed E-state index contributed by atoms with van der Waals surface area (Å²) in [5, 5.41) is 17.5. The third-order valence-electron chi connectivity index (χ3n) is 3.83. The van der Waals surface area contributed by atoms with Crippen molar-refractivity contribution in [2.24, 2.45) is 5.10 Å². The highest BCUT2D eigenvalue weighted by Crippen LogP contribution is 2.31. The minimum absolute atomic E-state index is 0.0447. The number of rotatable bonds is 5. The van der Waals surface area contributed by atoms with Crippen LogP contribution in [0.25, 0.3) is 11.3 Å². The van der Waals surface area contributed by atoms with E-state index in [4.69, 9.17) is 16.0 Å². The number of anilines is 1. The van der Waals surface area contributed by atoms with Crippen LogP contribution in [-0.4, -0.2) is 17.2 Å². The summed E-state index contributed by atoms with van der Waals surface area (Å²) >= 11 is 9.21.